The predicted octanol–water partition coefficient (Wildman–Crippen LogP) is -0.0667. The molecule has 0 rings (SSSR count). The van der Waals surface area contributed by atoms with Gasteiger partial charge in [-0.15, -0.1) is 0 Å². The maximum Gasteiger partial charge on any atom is 0.359 e. The van der Waals surface area contributed by atoms with Crippen molar-refractivity contribution < 1.29 is 24.2 Å². The zero-order valence-electron chi connectivity index (χ0n) is 9.93. The number of aliphatic hydroxyl groups excluding tert-OH is 1. The molecule has 0 aliphatic carbocycles. The van der Waals surface area contributed by atoms with Crippen molar-refractivity contribution in [3.8, 4) is 0 Å². The maximum atomic E-state index is 10.5. The van der Waals surface area contributed by atoms with E-state index >= 15 is 0 Å². The summed E-state index contributed by atoms with van der Waals surface area (Å²) >= 11 is 0. The van der Waals surface area contributed by atoms with Crippen molar-refractivity contribution in [3.05, 3.63) is 0 Å². The molecule has 1 unspecified atom stereocenters. The average molecular weight is 220 g/mol. The second-order valence-electron chi connectivity index (χ2n) is 4.71. The number of carboxylic acid groups (broad SMARTS) is 1. The highest BCUT2D eigenvalue weighted by Gasteiger charge is 2.23. The van der Waals surface area contributed by atoms with Crippen molar-refractivity contribution in [2.45, 2.75) is 26.1 Å². The number of quaternary nitrogens is 1. The topological polar surface area (TPSA) is 66.8 Å². The minimum Gasteiger partial charge on any atom is -0.477 e. The van der Waals surface area contributed by atoms with Gasteiger partial charge in [-0.1, -0.05) is 0 Å². The van der Waals surface area contributed by atoms with Gasteiger partial charge in [-0.3, -0.25) is 0 Å². The van der Waals surface area contributed by atoms with Crippen LogP contribution in [0.1, 0.15) is 13.8 Å². The van der Waals surface area contributed by atoms with E-state index in [1.807, 2.05) is 13.8 Å². The van der Waals surface area contributed by atoms with Crippen LogP contribution in [-0.4, -0.2) is 66.7 Å². The molecular formula is C10H22NO4+. The van der Waals surface area contributed by atoms with E-state index < -0.39 is 12.1 Å². The van der Waals surface area contributed by atoms with Crippen LogP contribution in [0.15, 0.2) is 0 Å². The lowest BCUT2D eigenvalue weighted by molar-refractivity contribution is -0.886. The molecule has 2 N–H and O–H groups in total. The van der Waals surface area contributed by atoms with Crippen LogP contribution in [0.4, 0.5) is 0 Å². The molecule has 0 aromatic rings. The summed E-state index contributed by atoms with van der Waals surface area (Å²) in [5.41, 5.74) is 0. The third-order valence-electron chi connectivity index (χ3n) is 1.89. The zero-order chi connectivity index (χ0) is 12.1. The second-order valence-corrected chi connectivity index (χ2v) is 4.71. The van der Waals surface area contributed by atoms with E-state index in [1.54, 1.807) is 14.1 Å². The molecule has 0 saturated heterocycles. The Balaban J connectivity index is 3.92. The van der Waals surface area contributed by atoms with E-state index in [-0.39, 0.29) is 23.7 Å². The summed E-state index contributed by atoms with van der Waals surface area (Å²) in [5, 5.41) is 18.3. The summed E-state index contributed by atoms with van der Waals surface area (Å²) in [7, 11) is 3.54. The average Bonchev–Trinajstić information content (AvgIpc) is 1.96. The van der Waals surface area contributed by atoms with E-state index in [1.165, 1.54) is 0 Å². The maximum absolute atomic E-state index is 10.5. The molecule has 0 amide bonds. The highest BCUT2D eigenvalue weighted by atomic mass is 16.5. The summed E-state index contributed by atoms with van der Waals surface area (Å²) in [5.74, 6) is -0.864. The molecule has 5 nitrogen and oxygen atoms in total. The Kier molecular flexibility index (Phi) is 5.79. The first-order chi connectivity index (χ1) is 6.73. The van der Waals surface area contributed by atoms with Crippen LogP contribution in [-0.2, 0) is 9.53 Å². The van der Waals surface area contributed by atoms with Crippen LogP contribution in [0, 0.1) is 0 Å². The van der Waals surface area contributed by atoms with Crippen LogP contribution >= 0.6 is 0 Å². The summed E-state index contributed by atoms with van der Waals surface area (Å²) in [4.78, 5) is 10.5. The third kappa shape index (κ3) is 8.35. The molecule has 0 aliphatic heterocycles. The largest absolute Gasteiger partial charge is 0.477 e. The zero-order valence-corrected chi connectivity index (χ0v) is 9.93. The fourth-order valence-electron chi connectivity index (χ4n) is 1.36. The number of rotatable bonds is 7. The van der Waals surface area contributed by atoms with Crippen molar-refractivity contribution in [2.75, 3.05) is 33.8 Å². The van der Waals surface area contributed by atoms with Gasteiger partial charge in [0.25, 0.3) is 0 Å². The molecule has 0 aliphatic rings. The Labute approximate surface area is 90.9 Å². The number of carboxylic acids is 1. The van der Waals surface area contributed by atoms with Gasteiger partial charge >= 0.3 is 5.97 Å². The quantitative estimate of drug-likeness (QED) is 0.590. The third-order valence-corrected chi connectivity index (χ3v) is 1.89. The molecule has 5 heteroatoms. The van der Waals surface area contributed by atoms with Gasteiger partial charge in [0.15, 0.2) is 6.54 Å². The van der Waals surface area contributed by atoms with Crippen molar-refractivity contribution in [2.24, 2.45) is 0 Å². The number of hydrogen-bond donors (Lipinski definition) is 2. The Morgan fingerprint density at radius 2 is 1.93 bits per heavy atom. The molecule has 0 spiro atoms. The highest BCUT2D eigenvalue weighted by Crippen LogP contribution is 2.01. The van der Waals surface area contributed by atoms with E-state index in [9.17, 15) is 9.90 Å². The fraction of sp³-hybridized carbons (Fsp3) is 0.900. The van der Waals surface area contributed by atoms with Gasteiger partial charge in [0.1, 0.15) is 12.6 Å². The summed E-state index contributed by atoms with van der Waals surface area (Å²) in [6.07, 6.45) is -0.545. The number of likely N-dealkylation sites (N-methyl/N-ethyl adjacent to an activating group) is 1. The van der Waals surface area contributed by atoms with E-state index in [2.05, 4.69) is 0 Å². The van der Waals surface area contributed by atoms with Gasteiger partial charge in [0.2, 0.25) is 0 Å². The minimum atomic E-state index is -0.864. The lowest BCUT2D eigenvalue weighted by Crippen LogP contribution is -2.49. The van der Waals surface area contributed by atoms with E-state index in [0.29, 0.717) is 6.54 Å². The van der Waals surface area contributed by atoms with Crippen molar-refractivity contribution in [1.82, 2.24) is 0 Å². The van der Waals surface area contributed by atoms with Gasteiger partial charge in [0, 0.05) is 0 Å². The first-order valence-electron chi connectivity index (χ1n) is 5.06. The van der Waals surface area contributed by atoms with Gasteiger partial charge in [-0.2, -0.15) is 0 Å². The van der Waals surface area contributed by atoms with E-state index in [0.717, 1.165) is 0 Å². The molecule has 0 heterocycles. The summed E-state index contributed by atoms with van der Waals surface area (Å²) in [6, 6.07) is 0. The molecule has 1 atom stereocenters. The fourth-order valence-corrected chi connectivity index (χ4v) is 1.36. The Hall–Kier alpha value is -0.650. The van der Waals surface area contributed by atoms with Gasteiger partial charge in [0.05, 0.1) is 26.8 Å². The number of carbonyl (C=O) groups is 1. The normalized spacial score (nSPS) is 14.3. The minimum absolute atomic E-state index is 0.00125. The molecule has 0 aromatic heterocycles. The molecule has 90 valence electrons. The first kappa shape index (κ1) is 14.3. The molecule has 0 fully saturated rings. The number of ether oxygens (including phenoxy) is 1. The number of aliphatic carboxylic acids is 1. The lowest BCUT2D eigenvalue weighted by atomic mass is 10.3. The van der Waals surface area contributed by atoms with Crippen LogP contribution in [0.2, 0.25) is 0 Å². The second kappa shape index (κ2) is 6.05. The monoisotopic (exact) mass is 220 g/mol. The molecule has 0 bridgehead atoms. The molecular weight excluding hydrogens is 198 g/mol. The first-order valence-corrected chi connectivity index (χ1v) is 5.06. The summed E-state index contributed by atoms with van der Waals surface area (Å²) < 4.78 is 5.50. The molecule has 0 radical (unpaired) electrons. The Morgan fingerprint density at radius 3 is 2.33 bits per heavy atom. The van der Waals surface area contributed by atoms with Gasteiger partial charge < -0.3 is 19.4 Å². The van der Waals surface area contributed by atoms with E-state index in [4.69, 9.17) is 9.84 Å². The molecule has 15 heavy (non-hydrogen) atoms. The standard InChI is InChI=1S/C10H21NO4/c1-8(2)15-7-9(12)5-11(3,4)6-10(13)14/h8-9,12H,5-7H2,1-4H3/p+1. The van der Waals surface area contributed by atoms with Crippen LogP contribution in [0.5, 0.6) is 0 Å². The highest BCUT2D eigenvalue weighted by molar-refractivity contribution is 5.67. The lowest BCUT2D eigenvalue weighted by Gasteiger charge is -2.30. The van der Waals surface area contributed by atoms with Crippen molar-refractivity contribution in [3.63, 3.8) is 0 Å². The number of aliphatic hydroxyl groups is 1. The Bertz CT molecular complexity index is 204. The molecule has 0 saturated carbocycles. The van der Waals surface area contributed by atoms with Crippen molar-refractivity contribution in [1.29, 1.82) is 0 Å². The Morgan fingerprint density at radius 1 is 1.40 bits per heavy atom. The van der Waals surface area contributed by atoms with Crippen LogP contribution in [0.3, 0.4) is 0 Å². The number of hydrogen-bond acceptors (Lipinski definition) is 3. The van der Waals surface area contributed by atoms with Gasteiger partial charge in [-0.05, 0) is 13.8 Å². The van der Waals surface area contributed by atoms with Crippen LogP contribution in [0.25, 0.3) is 0 Å². The smallest absolute Gasteiger partial charge is 0.359 e. The number of nitrogens with zero attached hydrogens (tertiary/aromatic N) is 1. The predicted molar refractivity (Wildman–Crippen MR) is 56.6 cm³/mol. The SMILES string of the molecule is CC(C)OCC(O)C[N+](C)(C)CC(=O)O. The van der Waals surface area contributed by atoms with Crippen molar-refractivity contribution >= 4 is 5.97 Å². The summed E-state index contributed by atoms with van der Waals surface area (Å²) in [6.45, 7) is 4.41. The molecule has 0 aromatic carbocycles. The van der Waals surface area contributed by atoms with Gasteiger partial charge in [-0.25, -0.2) is 4.79 Å². The van der Waals surface area contributed by atoms with Crippen LogP contribution < -0.4 is 0 Å².